The van der Waals surface area contributed by atoms with Gasteiger partial charge in [0.2, 0.25) is 0 Å². The Labute approximate surface area is 107 Å². The topological polar surface area (TPSA) is 47.3 Å². The van der Waals surface area contributed by atoms with Crippen molar-refractivity contribution < 1.29 is 9.84 Å². The van der Waals surface area contributed by atoms with Crippen molar-refractivity contribution in [3.8, 4) is 5.75 Å². The molecule has 4 nitrogen and oxygen atoms in total. The predicted molar refractivity (Wildman–Crippen MR) is 69.3 cm³/mol. The Balaban J connectivity index is 2.11. The fourth-order valence-corrected chi connectivity index (χ4v) is 1.87. The first kappa shape index (κ1) is 12.6. The van der Waals surface area contributed by atoms with Crippen molar-refractivity contribution in [1.82, 2.24) is 9.55 Å². The molecule has 18 heavy (non-hydrogen) atoms. The standard InChI is InChI=1S/C14H18N2O2/c1-3-16-9-8-15-14(16)10-18-13-7-5-4-6-12(13)11(2)17/h4-9,11,17H,3,10H2,1-2H3. The Kier molecular flexibility index (Phi) is 3.99. The van der Waals surface area contributed by atoms with Crippen LogP contribution in [0.15, 0.2) is 36.7 Å². The van der Waals surface area contributed by atoms with Crippen molar-refractivity contribution in [1.29, 1.82) is 0 Å². The molecule has 1 N–H and O–H groups in total. The highest BCUT2D eigenvalue weighted by molar-refractivity contribution is 5.34. The van der Waals surface area contributed by atoms with E-state index in [1.54, 1.807) is 13.1 Å². The highest BCUT2D eigenvalue weighted by Gasteiger charge is 2.09. The number of hydrogen-bond donors (Lipinski definition) is 1. The number of para-hydroxylation sites is 1. The number of aryl methyl sites for hydroxylation is 1. The molecular weight excluding hydrogens is 228 g/mol. The summed E-state index contributed by atoms with van der Waals surface area (Å²) in [5, 5.41) is 9.66. The summed E-state index contributed by atoms with van der Waals surface area (Å²) >= 11 is 0. The zero-order chi connectivity index (χ0) is 13.0. The second-order valence-electron chi connectivity index (χ2n) is 4.13. The van der Waals surface area contributed by atoms with E-state index in [4.69, 9.17) is 4.74 Å². The number of aliphatic hydroxyl groups excluding tert-OH is 1. The predicted octanol–water partition coefficient (Wildman–Crippen LogP) is 2.54. The van der Waals surface area contributed by atoms with E-state index in [-0.39, 0.29) is 0 Å². The van der Waals surface area contributed by atoms with E-state index in [0.717, 1.165) is 17.9 Å². The summed E-state index contributed by atoms with van der Waals surface area (Å²) in [7, 11) is 0. The van der Waals surface area contributed by atoms with Crippen molar-refractivity contribution in [2.75, 3.05) is 0 Å². The second kappa shape index (κ2) is 5.69. The molecule has 1 unspecified atom stereocenters. The summed E-state index contributed by atoms with van der Waals surface area (Å²) in [5.74, 6) is 1.59. The minimum Gasteiger partial charge on any atom is -0.485 e. The highest BCUT2D eigenvalue weighted by atomic mass is 16.5. The van der Waals surface area contributed by atoms with Gasteiger partial charge >= 0.3 is 0 Å². The molecule has 1 aromatic heterocycles. The average molecular weight is 246 g/mol. The zero-order valence-electron chi connectivity index (χ0n) is 10.7. The lowest BCUT2D eigenvalue weighted by atomic mass is 10.1. The normalized spacial score (nSPS) is 12.4. The molecule has 0 aliphatic heterocycles. The molecule has 1 atom stereocenters. The first-order chi connectivity index (χ1) is 8.72. The molecule has 0 amide bonds. The van der Waals surface area contributed by atoms with Gasteiger partial charge in [0.05, 0.1) is 6.10 Å². The Morgan fingerprint density at radius 2 is 2.17 bits per heavy atom. The minimum absolute atomic E-state index is 0.407. The monoisotopic (exact) mass is 246 g/mol. The molecule has 0 radical (unpaired) electrons. The number of ether oxygens (including phenoxy) is 1. The smallest absolute Gasteiger partial charge is 0.146 e. The van der Waals surface area contributed by atoms with E-state index in [1.165, 1.54) is 0 Å². The number of imidazole rings is 1. The number of nitrogens with zero attached hydrogens (tertiary/aromatic N) is 2. The Morgan fingerprint density at radius 3 is 2.89 bits per heavy atom. The third-order valence-electron chi connectivity index (χ3n) is 2.87. The number of aromatic nitrogens is 2. The summed E-state index contributed by atoms with van der Waals surface area (Å²) in [4.78, 5) is 4.25. The van der Waals surface area contributed by atoms with E-state index in [9.17, 15) is 5.11 Å². The van der Waals surface area contributed by atoms with Gasteiger partial charge in [-0.05, 0) is 19.9 Å². The van der Waals surface area contributed by atoms with Crippen molar-refractivity contribution in [3.63, 3.8) is 0 Å². The van der Waals surface area contributed by atoms with E-state index in [0.29, 0.717) is 12.4 Å². The quantitative estimate of drug-likeness (QED) is 0.882. The van der Waals surface area contributed by atoms with Crippen LogP contribution < -0.4 is 4.74 Å². The van der Waals surface area contributed by atoms with Gasteiger partial charge in [0.1, 0.15) is 18.2 Å². The van der Waals surface area contributed by atoms with Crippen LogP contribution in [0.1, 0.15) is 31.3 Å². The molecule has 4 heteroatoms. The van der Waals surface area contributed by atoms with Crippen LogP contribution in [0.4, 0.5) is 0 Å². The van der Waals surface area contributed by atoms with Crippen molar-refractivity contribution in [3.05, 3.63) is 48.0 Å². The molecule has 0 spiro atoms. The molecule has 0 saturated carbocycles. The molecule has 0 aliphatic carbocycles. The minimum atomic E-state index is -0.535. The van der Waals surface area contributed by atoms with Crippen LogP contribution in [0.2, 0.25) is 0 Å². The van der Waals surface area contributed by atoms with Gasteiger partial charge in [0.25, 0.3) is 0 Å². The van der Waals surface area contributed by atoms with E-state index >= 15 is 0 Å². The highest BCUT2D eigenvalue weighted by Crippen LogP contribution is 2.25. The van der Waals surface area contributed by atoms with Crippen molar-refractivity contribution >= 4 is 0 Å². The van der Waals surface area contributed by atoms with E-state index < -0.39 is 6.10 Å². The Morgan fingerprint density at radius 1 is 1.39 bits per heavy atom. The molecule has 0 bridgehead atoms. The molecular formula is C14H18N2O2. The van der Waals surface area contributed by atoms with Gasteiger partial charge in [-0.1, -0.05) is 18.2 Å². The number of benzene rings is 1. The van der Waals surface area contributed by atoms with Crippen LogP contribution in [-0.4, -0.2) is 14.7 Å². The first-order valence-corrected chi connectivity index (χ1v) is 6.12. The average Bonchev–Trinajstić information content (AvgIpc) is 2.84. The maximum atomic E-state index is 9.66. The van der Waals surface area contributed by atoms with Gasteiger partial charge in [-0.15, -0.1) is 0 Å². The van der Waals surface area contributed by atoms with Gasteiger partial charge in [-0.2, -0.15) is 0 Å². The van der Waals surface area contributed by atoms with Crippen LogP contribution in [0.25, 0.3) is 0 Å². The van der Waals surface area contributed by atoms with Crippen LogP contribution in [0.5, 0.6) is 5.75 Å². The third kappa shape index (κ3) is 2.71. The maximum Gasteiger partial charge on any atom is 0.146 e. The van der Waals surface area contributed by atoms with Crippen LogP contribution in [0, 0.1) is 0 Å². The lowest BCUT2D eigenvalue weighted by Crippen LogP contribution is -2.07. The Hall–Kier alpha value is -1.81. The van der Waals surface area contributed by atoms with Gasteiger partial charge in [-0.3, -0.25) is 0 Å². The van der Waals surface area contributed by atoms with Gasteiger partial charge < -0.3 is 14.4 Å². The Bertz CT molecular complexity index is 506. The second-order valence-corrected chi connectivity index (χ2v) is 4.13. The molecule has 2 rings (SSSR count). The lowest BCUT2D eigenvalue weighted by molar-refractivity contribution is 0.189. The summed E-state index contributed by atoms with van der Waals surface area (Å²) in [5.41, 5.74) is 0.798. The van der Waals surface area contributed by atoms with Crippen molar-refractivity contribution in [2.24, 2.45) is 0 Å². The summed E-state index contributed by atoms with van der Waals surface area (Å²) in [6.45, 7) is 5.07. The van der Waals surface area contributed by atoms with Crippen molar-refractivity contribution in [2.45, 2.75) is 33.1 Å². The summed E-state index contributed by atoms with van der Waals surface area (Å²) in [6.07, 6.45) is 3.16. The molecule has 1 aromatic carbocycles. The van der Waals surface area contributed by atoms with Gasteiger partial charge in [0, 0.05) is 24.5 Å². The molecule has 0 fully saturated rings. The molecule has 96 valence electrons. The first-order valence-electron chi connectivity index (χ1n) is 6.12. The van der Waals surface area contributed by atoms with E-state index in [1.807, 2.05) is 35.0 Å². The molecule has 2 aromatic rings. The molecule has 0 aliphatic rings. The van der Waals surface area contributed by atoms with Crippen LogP contribution in [0.3, 0.4) is 0 Å². The largest absolute Gasteiger partial charge is 0.485 e. The number of rotatable bonds is 5. The van der Waals surface area contributed by atoms with Crippen LogP contribution >= 0.6 is 0 Å². The lowest BCUT2D eigenvalue weighted by Gasteiger charge is -2.13. The van der Waals surface area contributed by atoms with E-state index in [2.05, 4.69) is 11.9 Å². The molecule has 0 saturated heterocycles. The SMILES string of the molecule is CCn1ccnc1COc1ccccc1C(C)O. The van der Waals surface area contributed by atoms with Gasteiger partial charge in [-0.25, -0.2) is 4.98 Å². The summed E-state index contributed by atoms with van der Waals surface area (Å²) in [6, 6.07) is 7.52. The van der Waals surface area contributed by atoms with Gasteiger partial charge in [0.15, 0.2) is 0 Å². The number of hydrogen-bond acceptors (Lipinski definition) is 3. The fourth-order valence-electron chi connectivity index (χ4n) is 1.87. The maximum absolute atomic E-state index is 9.66. The number of aliphatic hydroxyl groups is 1. The molecule has 1 heterocycles. The fraction of sp³-hybridized carbons (Fsp3) is 0.357. The zero-order valence-corrected chi connectivity index (χ0v) is 10.7. The summed E-state index contributed by atoms with van der Waals surface area (Å²) < 4.78 is 7.77. The van der Waals surface area contributed by atoms with Crippen LogP contribution in [-0.2, 0) is 13.2 Å². The third-order valence-corrected chi connectivity index (χ3v) is 2.87.